The summed E-state index contributed by atoms with van der Waals surface area (Å²) in [6.07, 6.45) is 2.17. The highest BCUT2D eigenvalue weighted by atomic mass is 35.5. The van der Waals surface area contributed by atoms with Crippen LogP contribution in [0, 0.1) is 5.92 Å². The highest BCUT2D eigenvalue weighted by molar-refractivity contribution is 7.91. The number of hydrogen-bond acceptors (Lipinski definition) is 6. The van der Waals surface area contributed by atoms with Gasteiger partial charge in [0, 0.05) is 24.4 Å². The summed E-state index contributed by atoms with van der Waals surface area (Å²) in [7, 11) is -3.75. The van der Waals surface area contributed by atoms with Crippen molar-refractivity contribution < 1.29 is 18.0 Å². The number of sulfonamides is 1. The van der Waals surface area contributed by atoms with Crippen molar-refractivity contribution in [3.8, 4) is 0 Å². The van der Waals surface area contributed by atoms with Crippen LogP contribution in [0.4, 0.5) is 0 Å². The Hall–Kier alpha value is -1.20. The molecule has 2 amide bonds. The van der Waals surface area contributed by atoms with E-state index in [1.807, 2.05) is 0 Å². The molecule has 0 radical (unpaired) electrons. The monoisotopic (exact) mass is 410 g/mol. The van der Waals surface area contributed by atoms with Gasteiger partial charge in [0.05, 0.1) is 13.1 Å². The van der Waals surface area contributed by atoms with Crippen LogP contribution in [0.25, 0.3) is 0 Å². The smallest absolute Gasteiger partial charge is 0.250 e. The molecule has 1 atom stereocenters. The molecule has 1 fully saturated rings. The van der Waals surface area contributed by atoms with E-state index in [4.69, 9.17) is 5.73 Å². The van der Waals surface area contributed by atoms with Gasteiger partial charge < -0.3 is 16.4 Å². The molecular weight excluding hydrogens is 388 g/mol. The zero-order valence-corrected chi connectivity index (χ0v) is 16.2. The molecule has 0 bridgehead atoms. The standard InChI is InChI=1S/C14H22N4O4S2.ClH/c1-9(19)16-6-11-4-5-14(23-11)24(21,22)18-8-13(20)17-7-12(15)10-2-3-10;/h4-5,10,12,18H,2-3,6-8,15H2,1H3,(H,16,19)(H,17,20);1H. The Bertz CT molecular complexity index is 703. The fourth-order valence-electron chi connectivity index (χ4n) is 2.03. The SMILES string of the molecule is CC(=O)NCc1ccc(S(=O)(=O)NCC(=O)NCC(N)C2CC2)s1.Cl. The molecule has 5 N–H and O–H groups in total. The minimum atomic E-state index is -3.75. The van der Waals surface area contributed by atoms with Crippen molar-refractivity contribution in [2.24, 2.45) is 11.7 Å². The maximum atomic E-state index is 12.2. The van der Waals surface area contributed by atoms with Gasteiger partial charge in [0.1, 0.15) is 4.21 Å². The highest BCUT2D eigenvalue weighted by Crippen LogP contribution is 2.31. The number of nitrogens with two attached hydrogens (primary N) is 1. The first kappa shape index (κ1) is 21.8. The lowest BCUT2D eigenvalue weighted by atomic mass is 10.2. The van der Waals surface area contributed by atoms with Gasteiger partial charge in [-0.05, 0) is 30.9 Å². The third-order valence-electron chi connectivity index (χ3n) is 3.60. The molecular formula is C14H23ClN4O4S2. The van der Waals surface area contributed by atoms with Crippen LogP contribution in [0.15, 0.2) is 16.3 Å². The molecule has 1 aromatic heterocycles. The Kier molecular flexibility index (Phi) is 8.29. The number of carbonyl (C=O) groups is 2. The zero-order chi connectivity index (χ0) is 17.7. The molecule has 142 valence electrons. The van der Waals surface area contributed by atoms with Gasteiger partial charge in [0.2, 0.25) is 11.8 Å². The summed E-state index contributed by atoms with van der Waals surface area (Å²) < 4.78 is 26.7. The zero-order valence-electron chi connectivity index (χ0n) is 13.8. The van der Waals surface area contributed by atoms with E-state index >= 15 is 0 Å². The lowest BCUT2D eigenvalue weighted by molar-refractivity contribution is -0.120. The van der Waals surface area contributed by atoms with Crippen molar-refractivity contribution in [2.45, 2.75) is 36.6 Å². The molecule has 1 unspecified atom stereocenters. The molecule has 25 heavy (non-hydrogen) atoms. The van der Waals surface area contributed by atoms with E-state index in [0.717, 1.165) is 24.2 Å². The van der Waals surface area contributed by atoms with Gasteiger partial charge in [-0.3, -0.25) is 9.59 Å². The summed E-state index contributed by atoms with van der Waals surface area (Å²) in [6, 6.07) is 3.01. The van der Waals surface area contributed by atoms with Crippen LogP contribution >= 0.6 is 23.7 Å². The second-order valence-corrected chi connectivity index (χ2v) is 8.92. The van der Waals surface area contributed by atoms with Crippen molar-refractivity contribution in [1.82, 2.24) is 15.4 Å². The number of thiophene rings is 1. The minimum Gasteiger partial charge on any atom is -0.353 e. The van der Waals surface area contributed by atoms with Crippen molar-refractivity contribution in [2.75, 3.05) is 13.1 Å². The van der Waals surface area contributed by atoms with Gasteiger partial charge in [-0.2, -0.15) is 0 Å². The first-order chi connectivity index (χ1) is 11.3. The Balaban J connectivity index is 0.00000312. The summed E-state index contributed by atoms with van der Waals surface area (Å²) in [5, 5.41) is 5.23. The first-order valence-corrected chi connectivity index (χ1v) is 9.93. The highest BCUT2D eigenvalue weighted by Gasteiger charge is 2.28. The molecule has 1 heterocycles. The van der Waals surface area contributed by atoms with Gasteiger partial charge >= 0.3 is 0 Å². The summed E-state index contributed by atoms with van der Waals surface area (Å²) in [6.45, 7) is 1.68. The van der Waals surface area contributed by atoms with Crippen LogP contribution in [0.1, 0.15) is 24.6 Å². The number of nitrogens with one attached hydrogen (secondary N) is 3. The topological polar surface area (TPSA) is 130 Å². The lowest BCUT2D eigenvalue weighted by Gasteiger charge is -2.11. The predicted octanol–water partition coefficient (Wildman–Crippen LogP) is -0.0622. The van der Waals surface area contributed by atoms with E-state index in [-0.39, 0.29) is 41.7 Å². The van der Waals surface area contributed by atoms with E-state index in [2.05, 4.69) is 15.4 Å². The maximum Gasteiger partial charge on any atom is 0.250 e. The van der Waals surface area contributed by atoms with Gasteiger partial charge in [-0.15, -0.1) is 23.7 Å². The average Bonchev–Trinajstić information content (AvgIpc) is 3.26. The number of halogens is 1. The number of rotatable bonds is 9. The van der Waals surface area contributed by atoms with Gasteiger partial charge in [0.15, 0.2) is 0 Å². The third-order valence-corrected chi connectivity index (χ3v) is 6.58. The van der Waals surface area contributed by atoms with Crippen LogP contribution in [0.3, 0.4) is 0 Å². The average molecular weight is 411 g/mol. The van der Waals surface area contributed by atoms with Gasteiger partial charge in [0.25, 0.3) is 10.0 Å². The number of carbonyl (C=O) groups excluding carboxylic acids is 2. The van der Waals surface area contributed by atoms with Crippen LogP contribution in [-0.2, 0) is 26.2 Å². The van der Waals surface area contributed by atoms with Crippen molar-refractivity contribution in [1.29, 1.82) is 0 Å². The Morgan fingerprint density at radius 3 is 2.60 bits per heavy atom. The molecule has 0 aromatic carbocycles. The molecule has 0 aliphatic heterocycles. The van der Waals surface area contributed by atoms with Crippen molar-refractivity contribution in [3.63, 3.8) is 0 Å². The lowest BCUT2D eigenvalue weighted by Crippen LogP contribution is -2.43. The quantitative estimate of drug-likeness (QED) is 0.453. The summed E-state index contributed by atoms with van der Waals surface area (Å²) in [4.78, 5) is 23.3. The summed E-state index contributed by atoms with van der Waals surface area (Å²) in [5.74, 6) is -0.133. The third kappa shape index (κ3) is 7.28. The molecule has 0 saturated heterocycles. The second kappa shape index (κ2) is 9.48. The van der Waals surface area contributed by atoms with Crippen molar-refractivity contribution in [3.05, 3.63) is 17.0 Å². The molecule has 1 aromatic rings. The molecule has 8 nitrogen and oxygen atoms in total. The predicted molar refractivity (Wildman–Crippen MR) is 98.0 cm³/mol. The molecule has 1 aliphatic carbocycles. The normalized spacial score (nSPS) is 15.1. The van der Waals surface area contributed by atoms with Crippen molar-refractivity contribution >= 4 is 45.6 Å². The molecule has 1 saturated carbocycles. The van der Waals surface area contributed by atoms with Crippen LogP contribution in [0.2, 0.25) is 0 Å². The van der Waals surface area contributed by atoms with E-state index < -0.39 is 15.9 Å². The first-order valence-electron chi connectivity index (χ1n) is 7.63. The minimum absolute atomic E-state index is 0. The van der Waals surface area contributed by atoms with Crippen LogP contribution in [-0.4, -0.2) is 39.4 Å². The van der Waals surface area contributed by atoms with E-state index in [1.165, 1.54) is 13.0 Å². The Labute approximate surface area is 157 Å². The maximum absolute atomic E-state index is 12.2. The summed E-state index contributed by atoms with van der Waals surface area (Å²) in [5.41, 5.74) is 5.87. The Morgan fingerprint density at radius 1 is 1.32 bits per heavy atom. The molecule has 2 rings (SSSR count). The Morgan fingerprint density at radius 2 is 2.00 bits per heavy atom. The second-order valence-electron chi connectivity index (χ2n) is 5.76. The molecule has 0 spiro atoms. The molecule has 11 heteroatoms. The van der Waals surface area contributed by atoms with E-state index in [0.29, 0.717) is 17.3 Å². The number of amides is 2. The van der Waals surface area contributed by atoms with Crippen LogP contribution in [0.5, 0.6) is 0 Å². The van der Waals surface area contributed by atoms with E-state index in [1.54, 1.807) is 6.07 Å². The van der Waals surface area contributed by atoms with Gasteiger partial charge in [-0.25, -0.2) is 13.1 Å². The van der Waals surface area contributed by atoms with Gasteiger partial charge in [-0.1, -0.05) is 0 Å². The largest absolute Gasteiger partial charge is 0.353 e. The van der Waals surface area contributed by atoms with E-state index in [9.17, 15) is 18.0 Å². The van der Waals surface area contributed by atoms with Crippen LogP contribution < -0.4 is 21.1 Å². The fourth-order valence-corrected chi connectivity index (χ4v) is 4.35. The number of hydrogen-bond donors (Lipinski definition) is 4. The molecule has 1 aliphatic rings. The fraction of sp³-hybridized carbons (Fsp3) is 0.571. The summed E-state index contributed by atoms with van der Waals surface area (Å²) >= 11 is 1.05.